The number of benzene rings is 1. The second-order valence-corrected chi connectivity index (χ2v) is 3.87. The number of carboxylic acids is 1. The van der Waals surface area contributed by atoms with Gasteiger partial charge < -0.3 is 10.4 Å². The zero-order valence-electron chi connectivity index (χ0n) is 9.02. The van der Waals surface area contributed by atoms with Crippen LogP contribution in [0.15, 0.2) is 36.5 Å². The molecule has 1 heterocycles. The normalized spacial score (nSPS) is 10.1. The predicted molar refractivity (Wildman–Crippen MR) is 65.9 cm³/mol. The fourth-order valence-corrected chi connectivity index (χ4v) is 1.54. The van der Waals surface area contributed by atoms with E-state index in [1.807, 2.05) is 0 Å². The highest BCUT2D eigenvalue weighted by molar-refractivity contribution is 6.31. The maximum absolute atomic E-state index is 13.6. The molecule has 0 atom stereocenters. The minimum atomic E-state index is -1.08. The largest absolute Gasteiger partial charge is 0.478 e. The summed E-state index contributed by atoms with van der Waals surface area (Å²) in [5.74, 6) is -1.45. The molecule has 4 nitrogen and oxygen atoms in total. The molecular formula is C12H8ClFN2O2. The summed E-state index contributed by atoms with van der Waals surface area (Å²) >= 11 is 5.63. The smallest absolute Gasteiger partial charge is 0.335 e. The van der Waals surface area contributed by atoms with E-state index in [4.69, 9.17) is 16.7 Å². The van der Waals surface area contributed by atoms with Crippen molar-refractivity contribution in [2.45, 2.75) is 0 Å². The minimum Gasteiger partial charge on any atom is -0.478 e. The van der Waals surface area contributed by atoms with Crippen LogP contribution >= 0.6 is 11.6 Å². The van der Waals surface area contributed by atoms with Gasteiger partial charge in [-0.25, -0.2) is 14.2 Å². The molecule has 2 rings (SSSR count). The highest BCUT2D eigenvalue weighted by Gasteiger charge is 2.08. The van der Waals surface area contributed by atoms with E-state index in [2.05, 4.69) is 10.3 Å². The van der Waals surface area contributed by atoms with E-state index in [0.717, 1.165) is 0 Å². The second kappa shape index (κ2) is 5.01. The molecule has 1 aromatic heterocycles. The summed E-state index contributed by atoms with van der Waals surface area (Å²) in [5, 5.41) is 11.5. The van der Waals surface area contributed by atoms with Crippen molar-refractivity contribution in [2.75, 3.05) is 5.32 Å². The van der Waals surface area contributed by atoms with Crippen LogP contribution in [0.5, 0.6) is 0 Å². The molecule has 0 aliphatic rings. The fourth-order valence-electron chi connectivity index (χ4n) is 1.37. The number of halogens is 2. The molecule has 18 heavy (non-hydrogen) atoms. The highest BCUT2D eigenvalue weighted by atomic mass is 35.5. The van der Waals surface area contributed by atoms with E-state index in [9.17, 15) is 9.18 Å². The van der Waals surface area contributed by atoms with Crippen LogP contribution in [0.1, 0.15) is 10.4 Å². The lowest BCUT2D eigenvalue weighted by atomic mass is 10.2. The lowest BCUT2D eigenvalue weighted by Gasteiger charge is -2.07. The minimum absolute atomic E-state index is 0.0191. The molecule has 0 amide bonds. The monoisotopic (exact) mass is 266 g/mol. The van der Waals surface area contributed by atoms with Gasteiger partial charge in [-0.15, -0.1) is 0 Å². The van der Waals surface area contributed by atoms with Crippen molar-refractivity contribution < 1.29 is 14.3 Å². The number of rotatable bonds is 3. The Bertz CT molecular complexity index is 604. The number of nitrogens with zero attached hydrogens (tertiary/aromatic N) is 1. The van der Waals surface area contributed by atoms with Gasteiger partial charge in [-0.1, -0.05) is 17.7 Å². The number of anilines is 2. The van der Waals surface area contributed by atoms with Crippen LogP contribution < -0.4 is 5.32 Å². The third-order valence-corrected chi connectivity index (χ3v) is 2.51. The molecular weight excluding hydrogens is 259 g/mol. The number of pyridine rings is 1. The number of hydrogen-bond acceptors (Lipinski definition) is 3. The van der Waals surface area contributed by atoms with Crippen LogP contribution in [0, 0.1) is 5.82 Å². The molecule has 92 valence electrons. The molecule has 6 heteroatoms. The Hall–Kier alpha value is -2.14. The van der Waals surface area contributed by atoms with Crippen molar-refractivity contribution in [3.05, 3.63) is 52.9 Å². The third-order valence-electron chi connectivity index (χ3n) is 2.22. The Labute approximate surface area is 107 Å². The lowest BCUT2D eigenvalue weighted by molar-refractivity contribution is 0.0697. The van der Waals surface area contributed by atoms with Crippen molar-refractivity contribution in [1.29, 1.82) is 0 Å². The van der Waals surface area contributed by atoms with E-state index < -0.39 is 11.8 Å². The third kappa shape index (κ3) is 2.57. The average Bonchev–Trinajstić information content (AvgIpc) is 2.35. The molecule has 1 aromatic carbocycles. The maximum atomic E-state index is 13.6. The predicted octanol–water partition coefficient (Wildman–Crippen LogP) is 3.32. The molecule has 0 aliphatic carbocycles. The molecule has 0 saturated carbocycles. The Kier molecular flexibility index (Phi) is 3.43. The van der Waals surface area contributed by atoms with Crippen LogP contribution in [-0.2, 0) is 0 Å². The molecule has 0 fully saturated rings. The van der Waals surface area contributed by atoms with E-state index >= 15 is 0 Å². The first-order valence-electron chi connectivity index (χ1n) is 4.98. The van der Waals surface area contributed by atoms with Crippen molar-refractivity contribution in [2.24, 2.45) is 0 Å². The van der Waals surface area contributed by atoms with Gasteiger partial charge in [0.05, 0.1) is 16.3 Å². The summed E-state index contributed by atoms with van der Waals surface area (Å²) in [6, 6.07) is 7.14. The first-order valence-corrected chi connectivity index (χ1v) is 5.36. The van der Waals surface area contributed by atoms with E-state index in [-0.39, 0.29) is 22.1 Å². The van der Waals surface area contributed by atoms with E-state index in [1.54, 1.807) is 6.07 Å². The average molecular weight is 267 g/mol. The standard InChI is InChI=1S/C12H8ClFN2O2/c13-8-2-1-3-9(11(8)14)16-10-6-7(12(17)18)4-5-15-10/h1-6H,(H,15,16)(H,17,18). The number of aromatic nitrogens is 1. The van der Waals surface area contributed by atoms with Gasteiger partial charge in [0.1, 0.15) is 5.82 Å². The van der Waals surface area contributed by atoms with Crippen LogP contribution in [0.4, 0.5) is 15.9 Å². The van der Waals surface area contributed by atoms with Crippen molar-refractivity contribution >= 4 is 29.1 Å². The zero-order chi connectivity index (χ0) is 13.1. The van der Waals surface area contributed by atoms with Crippen LogP contribution in [-0.4, -0.2) is 16.1 Å². The van der Waals surface area contributed by atoms with Crippen LogP contribution in [0.3, 0.4) is 0 Å². The number of hydrogen-bond donors (Lipinski definition) is 2. The van der Waals surface area contributed by atoms with Gasteiger partial charge in [-0.05, 0) is 24.3 Å². The van der Waals surface area contributed by atoms with Gasteiger partial charge >= 0.3 is 5.97 Å². The molecule has 0 radical (unpaired) electrons. The summed E-state index contributed by atoms with van der Waals surface area (Å²) in [5.41, 5.74) is 0.201. The molecule has 0 spiro atoms. The first kappa shape index (κ1) is 12.3. The van der Waals surface area contributed by atoms with Gasteiger partial charge in [-0.3, -0.25) is 0 Å². The molecule has 0 unspecified atom stereocenters. The fraction of sp³-hybridized carbons (Fsp3) is 0. The summed E-state index contributed by atoms with van der Waals surface area (Å²) < 4.78 is 13.6. The number of aromatic carboxylic acids is 1. The van der Waals surface area contributed by atoms with Crippen molar-refractivity contribution in [3.63, 3.8) is 0 Å². The van der Waals surface area contributed by atoms with Gasteiger partial charge in [0, 0.05) is 6.20 Å². The Balaban J connectivity index is 2.31. The zero-order valence-corrected chi connectivity index (χ0v) is 9.78. The SMILES string of the molecule is O=C(O)c1ccnc(Nc2cccc(Cl)c2F)c1. The molecule has 0 aliphatic heterocycles. The van der Waals surface area contributed by atoms with Crippen LogP contribution in [0.2, 0.25) is 5.02 Å². The van der Waals surface area contributed by atoms with E-state index in [1.165, 1.54) is 30.5 Å². The van der Waals surface area contributed by atoms with E-state index in [0.29, 0.717) is 0 Å². The molecule has 0 bridgehead atoms. The molecule has 0 saturated heterocycles. The highest BCUT2D eigenvalue weighted by Crippen LogP contribution is 2.24. The first-order chi connectivity index (χ1) is 8.58. The summed E-state index contributed by atoms with van der Waals surface area (Å²) in [6.07, 6.45) is 1.33. The number of carboxylic acid groups (broad SMARTS) is 1. The quantitative estimate of drug-likeness (QED) is 0.895. The number of carbonyl (C=O) groups is 1. The van der Waals surface area contributed by atoms with Crippen molar-refractivity contribution in [1.82, 2.24) is 4.98 Å². The van der Waals surface area contributed by atoms with Gasteiger partial charge in [0.25, 0.3) is 0 Å². The molecule has 2 aromatic rings. The van der Waals surface area contributed by atoms with Gasteiger partial charge in [0.15, 0.2) is 5.82 Å². The van der Waals surface area contributed by atoms with Crippen molar-refractivity contribution in [3.8, 4) is 0 Å². The number of nitrogens with one attached hydrogen (secondary N) is 1. The van der Waals surface area contributed by atoms with Gasteiger partial charge in [-0.2, -0.15) is 0 Å². The topological polar surface area (TPSA) is 62.2 Å². The Morgan fingerprint density at radius 2 is 2.17 bits per heavy atom. The van der Waals surface area contributed by atoms with Gasteiger partial charge in [0.2, 0.25) is 0 Å². The summed E-state index contributed by atoms with van der Waals surface area (Å²) in [6.45, 7) is 0. The second-order valence-electron chi connectivity index (χ2n) is 3.46. The maximum Gasteiger partial charge on any atom is 0.335 e. The Morgan fingerprint density at radius 1 is 1.39 bits per heavy atom. The lowest BCUT2D eigenvalue weighted by Crippen LogP contribution is -2.01. The Morgan fingerprint density at radius 3 is 2.89 bits per heavy atom. The van der Waals surface area contributed by atoms with Crippen LogP contribution in [0.25, 0.3) is 0 Å². The summed E-state index contributed by atoms with van der Waals surface area (Å²) in [7, 11) is 0. The molecule has 2 N–H and O–H groups in total. The summed E-state index contributed by atoms with van der Waals surface area (Å²) in [4.78, 5) is 14.7.